The molecule has 1 amide bonds. The molecule has 26 heavy (non-hydrogen) atoms. The number of ether oxygens (including phenoxy) is 1. The molecule has 3 aromatic rings. The lowest BCUT2D eigenvalue weighted by Crippen LogP contribution is -2.24. The Morgan fingerprint density at radius 1 is 1.15 bits per heavy atom. The molecule has 1 unspecified atom stereocenters. The first kappa shape index (κ1) is 16.3. The third-order valence-electron chi connectivity index (χ3n) is 4.57. The van der Waals surface area contributed by atoms with Crippen molar-refractivity contribution in [2.24, 2.45) is 0 Å². The van der Waals surface area contributed by atoms with Crippen LogP contribution in [0.3, 0.4) is 0 Å². The van der Waals surface area contributed by atoms with Gasteiger partial charge in [0.05, 0.1) is 18.6 Å². The summed E-state index contributed by atoms with van der Waals surface area (Å²) in [5.41, 5.74) is 1.89. The lowest BCUT2D eigenvalue weighted by Gasteiger charge is -2.15. The molecule has 0 radical (unpaired) electrons. The van der Waals surface area contributed by atoms with E-state index in [1.807, 2.05) is 59.5 Å². The molecule has 2 heterocycles. The van der Waals surface area contributed by atoms with Gasteiger partial charge in [0, 0.05) is 19.5 Å². The molecule has 1 aromatic heterocycles. The number of carbonyl (C=O) groups excluding carboxylic acids is 1. The molecule has 0 aliphatic carbocycles. The Hall–Kier alpha value is -3.15. The molecule has 1 atom stereocenters. The highest BCUT2D eigenvalue weighted by molar-refractivity contribution is 5.79. The summed E-state index contributed by atoms with van der Waals surface area (Å²) >= 11 is 0. The second-order valence-corrected chi connectivity index (χ2v) is 6.32. The van der Waals surface area contributed by atoms with Gasteiger partial charge in [0.1, 0.15) is 5.75 Å². The van der Waals surface area contributed by atoms with Gasteiger partial charge >= 0.3 is 0 Å². The van der Waals surface area contributed by atoms with Gasteiger partial charge < -0.3 is 14.2 Å². The predicted molar refractivity (Wildman–Crippen MR) is 95.5 cm³/mol. The molecule has 1 fully saturated rings. The largest absolute Gasteiger partial charge is 0.496 e. The lowest BCUT2D eigenvalue weighted by molar-refractivity contribution is -0.128. The number of aromatic nitrogens is 2. The van der Waals surface area contributed by atoms with Gasteiger partial charge in [-0.1, -0.05) is 47.6 Å². The van der Waals surface area contributed by atoms with Crippen LogP contribution in [0, 0.1) is 0 Å². The van der Waals surface area contributed by atoms with Crippen LogP contribution in [0.4, 0.5) is 0 Å². The summed E-state index contributed by atoms with van der Waals surface area (Å²) in [4.78, 5) is 18.7. The SMILES string of the molecule is COc1ccccc1-c1noc(C2CC(=O)N(Cc3ccccc3)C2)n1. The number of hydrogen-bond acceptors (Lipinski definition) is 5. The zero-order chi connectivity index (χ0) is 17.9. The van der Waals surface area contributed by atoms with Crippen molar-refractivity contribution in [2.75, 3.05) is 13.7 Å². The number of para-hydroxylation sites is 1. The zero-order valence-electron chi connectivity index (χ0n) is 14.5. The molecular weight excluding hydrogens is 330 g/mol. The average molecular weight is 349 g/mol. The van der Waals surface area contributed by atoms with Gasteiger partial charge in [-0.2, -0.15) is 4.98 Å². The van der Waals surface area contributed by atoms with Crippen molar-refractivity contribution in [3.8, 4) is 17.1 Å². The molecule has 4 rings (SSSR count). The Bertz CT molecular complexity index is 907. The summed E-state index contributed by atoms with van der Waals surface area (Å²) in [7, 11) is 1.61. The van der Waals surface area contributed by atoms with E-state index in [4.69, 9.17) is 9.26 Å². The van der Waals surface area contributed by atoms with Crippen LogP contribution in [0.25, 0.3) is 11.4 Å². The highest BCUT2D eigenvalue weighted by atomic mass is 16.5. The number of carbonyl (C=O) groups is 1. The summed E-state index contributed by atoms with van der Waals surface area (Å²) < 4.78 is 10.8. The van der Waals surface area contributed by atoms with Crippen LogP contribution in [0.1, 0.15) is 23.8 Å². The average Bonchev–Trinajstić information content (AvgIpc) is 3.30. The third kappa shape index (κ3) is 3.18. The Kier molecular flexibility index (Phi) is 4.39. The second kappa shape index (κ2) is 7.00. The maximum atomic E-state index is 12.4. The van der Waals surface area contributed by atoms with E-state index in [0.717, 1.165) is 11.1 Å². The third-order valence-corrected chi connectivity index (χ3v) is 4.57. The van der Waals surface area contributed by atoms with Gasteiger partial charge in [0.2, 0.25) is 17.6 Å². The van der Waals surface area contributed by atoms with E-state index < -0.39 is 0 Å². The Morgan fingerprint density at radius 3 is 2.73 bits per heavy atom. The van der Waals surface area contributed by atoms with Crippen molar-refractivity contribution in [1.82, 2.24) is 15.0 Å². The van der Waals surface area contributed by atoms with E-state index in [1.54, 1.807) is 7.11 Å². The number of rotatable bonds is 5. The number of benzene rings is 2. The molecule has 0 N–H and O–H groups in total. The summed E-state index contributed by atoms with van der Waals surface area (Å²) in [5, 5.41) is 4.08. The minimum atomic E-state index is -0.0813. The monoisotopic (exact) mass is 349 g/mol. The van der Waals surface area contributed by atoms with Crippen molar-refractivity contribution in [3.63, 3.8) is 0 Å². The van der Waals surface area contributed by atoms with E-state index in [-0.39, 0.29) is 11.8 Å². The standard InChI is InChI=1S/C20H19N3O3/c1-25-17-10-6-5-9-16(17)19-21-20(26-22-19)15-11-18(24)23(13-15)12-14-7-3-2-4-8-14/h2-10,15H,11-13H2,1H3. The molecule has 1 aliphatic rings. The van der Waals surface area contributed by atoms with Gasteiger partial charge in [-0.3, -0.25) is 4.79 Å². The van der Waals surface area contributed by atoms with E-state index in [0.29, 0.717) is 37.0 Å². The summed E-state index contributed by atoms with van der Waals surface area (Å²) in [6, 6.07) is 17.5. The van der Waals surface area contributed by atoms with E-state index in [9.17, 15) is 4.79 Å². The van der Waals surface area contributed by atoms with Crippen LogP contribution in [0.5, 0.6) is 5.75 Å². The van der Waals surface area contributed by atoms with Gasteiger partial charge in [-0.15, -0.1) is 0 Å². The van der Waals surface area contributed by atoms with E-state index >= 15 is 0 Å². The molecule has 0 bridgehead atoms. The highest BCUT2D eigenvalue weighted by Crippen LogP contribution is 2.32. The Morgan fingerprint density at radius 2 is 1.92 bits per heavy atom. The quantitative estimate of drug-likeness (QED) is 0.707. The molecule has 132 valence electrons. The molecular formula is C20H19N3O3. The van der Waals surface area contributed by atoms with Gasteiger partial charge in [-0.05, 0) is 17.7 Å². The van der Waals surface area contributed by atoms with Gasteiger partial charge in [0.15, 0.2) is 0 Å². The zero-order valence-corrected chi connectivity index (χ0v) is 14.5. The number of amides is 1. The molecule has 6 heteroatoms. The van der Waals surface area contributed by atoms with Crippen molar-refractivity contribution in [2.45, 2.75) is 18.9 Å². The fourth-order valence-corrected chi connectivity index (χ4v) is 3.23. The highest BCUT2D eigenvalue weighted by Gasteiger charge is 2.34. The van der Waals surface area contributed by atoms with Crippen LogP contribution in [0.2, 0.25) is 0 Å². The first-order valence-electron chi connectivity index (χ1n) is 8.53. The summed E-state index contributed by atoms with van der Waals surface area (Å²) in [6.45, 7) is 1.19. The van der Waals surface area contributed by atoms with E-state index in [2.05, 4.69) is 10.1 Å². The fourth-order valence-electron chi connectivity index (χ4n) is 3.23. The van der Waals surface area contributed by atoms with Gasteiger partial charge in [-0.25, -0.2) is 0 Å². The molecule has 0 saturated carbocycles. The fraction of sp³-hybridized carbons (Fsp3) is 0.250. The van der Waals surface area contributed by atoms with Crippen molar-refractivity contribution >= 4 is 5.91 Å². The van der Waals surface area contributed by atoms with Crippen molar-refractivity contribution < 1.29 is 14.1 Å². The number of methoxy groups -OCH3 is 1. The van der Waals surface area contributed by atoms with Crippen LogP contribution in [-0.4, -0.2) is 34.6 Å². The van der Waals surface area contributed by atoms with Crippen LogP contribution in [-0.2, 0) is 11.3 Å². The number of nitrogens with zero attached hydrogens (tertiary/aromatic N) is 3. The van der Waals surface area contributed by atoms with Crippen LogP contribution in [0.15, 0.2) is 59.1 Å². The molecule has 2 aromatic carbocycles. The first-order chi connectivity index (χ1) is 12.7. The predicted octanol–water partition coefficient (Wildman–Crippen LogP) is 3.26. The number of likely N-dealkylation sites (tertiary alicyclic amines) is 1. The van der Waals surface area contributed by atoms with Crippen molar-refractivity contribution in [1.29, 1.82) is 0 Å². The minimum Gasteiger partial charge on any atom is -0.496 e. The Labute approximate surface area is 151 Å². The molecule has 6 nitrogen and oxygen atoms in total. The molecule has 1 aliphatic heterocycles. The summed E-state index contributed by atoms with van der Waals surface area (Å²) in [6.07, 6.45) is 0.389. The Balaban J connectivity index is 1.51. The minimum absolute atomic E-state index is 0.0813. The van der Waals surface area contributed by atoms with E-state index in [1.165, 1.54) is 0 Å². The lowest BCUT2D eigenvalue weighted by atomic mass is 10.1. The molecule has 0 spiro atoms. The summed E-state index contributed by atoms with van der Waals surface area (Å²) in [5.74, 6) is 1.69. The van der Waals surface area contributed by atoms with Crippen molar-refractivity contribution in [3.05, 3.63) is 66.1 Å². The normalized spacial score (nSPS) is 16.9. The topological polar surface area (TPSA) is 68.5 Å². The maximum absolute atomic E-state index is 12.4. The smallest absolute Gasteiger partial charge is 0.232 e. The molecule has 1 saturated heterocycles. The van der Waals surface area contributed by atoms with Crippen LogP contribution < -0.4 is 4.74 Å². The second-order valence-electron chi connectivity index (χ2n) is 6.32. The first-order valence-corrected chi connectivity index (χ1v) is 8.53. The maximum Gasteiger partial charge on any atom is 0.232 e. The number of hydrogen-bond donors (Lipinski definition) is 0. The van der Waals surface area contributed by atoms with Gasteiger partial charge in [0.25, 0.3) is 0 Å². The van der Waals surface area contributed by atoms with Crippen LogP contribution >= 0.6 is 0 Å².